The fourth-order valence-electron chi connectivity index (χ4n) is 3.45. The zero-order valence-corrected chi connectivity index (χ0v) is 16.9. The summed E-state index contributed by atoms with van der Waals surface area (Å²) >= 11 is 0. The molecule has 30 heavy (non-hydrogen) atoms. The number of aryl methyl sites for hydroxylation is 1. The van der Waals surface area contributed by atoms with Crippen LogP contribution in [0.15, 0.2) is 79.0 Å². The number of Topliss-reactive ketones (excluding diaryl/α,β-unsaturated/α-hetero) is 1. The first-order chi connectivity index (χ1) is 14.6. The lowest BCUT2D eigenvalue weighted by molar-refractivity contribution is -0.112. The van der Waals surface area contributed by atoms with Crippen LogP contribution < -0.4 is 10.1 Å². The Morgan fingerprint density at radius 1 is 0.967 bits per heavy atom. The Labute approximate surface area is 174 Å². The van der Waals surface area contributed by atoms with E-state index in [0.29, 0.717) is 23.7 Å². The first-order valence-corrected chi connectivity index (χ1v) is 9.83. The van der Waals surface area contributed by atoms with Crippen LogP contribution in [0.3, 0.4) is 0 Å². The highest BCUT2D eigenvalue weighted by atomic mass is 16.5. The van der Waals surface area contributed by atoms with Gasteiger partial charge in [0, 0.05) is 17.3 Å². The molecule has 2 aromatic heterocycles. The lowest BCUT2D eigenvalue weighted by Gasteiger charge is -2.11. The summed E-state index contributed by atoms with van der Waals surface area (Å²) in [6, 6.07) is 22.6. The number of fused-ring (bicyclic) bond motifs is 1. The van der Waals surface area contributed by atoms with Crippen molar-refractivity contribution >= 4 is 22.9 Å². The maximum Gasteiger partial charge on any atom is 0.298 e. The molecule has 0 saturated heterocycles. The molecule has 0 aliphatic heterocycles. The number of ether oxygens (including phenoxy) is 1. The molecule has 1 amide bonds. The van der Waals surface area contributed by atoms with E-state index in [2.05, 4.69) is 5.32 Å². The van der Waals surface area contributed by atoms with Gasteiger partial charge < -0.3 is 14.5 Å². The first-order valence-electron chi connectivity index (χ1n) is 9.83. The van der Waals surface area contributed by atoms with Crippen LogP contribution in [-0.2, 0) is 4.79 Å². The number of nitrogens with one attached hydrogen (secondary N) is 1. The molecule has 1 N–H and O–H groups in total. The van der Waals surface area contributed by atoms with E-state index in [0.717, 1.165) is 22.2 Å². The quantitative estimate of drug-likeness (QED) is 0.362. The van der Waals surface area contributed by atoms with Gasteiger partial charge in [-0.15, -0.1) is 0 Å². The average molecular weight is 398 g/mol. The Bertz CT molecular complexity index is 1220. The SMILES string of the molecule is CCOc1ccccc1NC(=O)C(=O)c1c(-c2ccc(C)cc2)cc2ccccn12. The van der Waals surface area contributed by atoms with E-state index in [9.17, 15) is 9.59 Å². The number of aromatic nitrogens is 1. The molecule has 150 valence electrons. The second-order valence-electron chi connectivity index (χ2n) is 6.98. The minimum absolute atomic E-state index is 0.334. The Morgan fingerprint density at radius 3 is 2.47 bits per heavy atom. The van der Waals surface area contributed by atoms with Gasteiger partial charge in [-0.3, -0.25) is 9.59 Å². The summed E-state index contributed by atoms with van der Waals surface area (Å²) < 4.78 is 7.31. The maximum atomic E-state index is 13.3. The number of amides is 1. The maximum absolute atomic E-state index is 13.3. The summed E-state index contributed by atoms with van der Waals surface area (Å²) in [7, 11) is 0. The average Bonchev–Trinajstić information content (AvgIpc) is 3.14. The van der Waals surface area contributed by atoms with Crippen LogP contribution in [0.2, 0.25) is 0 Å². The number of para-hydroxylation sites is 2. The molecule has 0 bridgehead atoms. The van der Waals surface area contributed by atoms with Crippen molar-refractivity contribution in [1.82, 2.24) is 4.40 Å². The summed E-state index contributed by atoms with van der Waals surface area (Å²) in [5, 5.41) is 2.71. The summed E-state index contributed by atoms with van der Waals surface area (Å²) in [5.41, 5.74) is 4.38. The van der Waals surface area contributed by atoms with Crippen LogP contribution >= 0.6 is 0 Å². The van der Waals surface area contributed by atoms with Crippen molar-refractivity contribution in [3.05, 3.63) is 90.3 Å². The molecule has 0 aliphatic rings. The summed E-state index contributed by atoms with van der Waals surface area (Å²) in [5.74, 6) is -0.789. The normalized spacial score (nSPS) is 10.7. The van der Waals surface area contributed by atoms with E-state index in [1.165, 1.54) is 0 Å². The van der Waals surface area contributed by atoms with Crippen LogP contribution in [0, 0.1) is 6.92 Å². The van der Waals surface area contributed by atoms with Gasteiger partial charge >= 0.3 is 0 Å². The molecule has 4 rings (SSSR count). The number of hydrogen-bond acceptors (Lipinski definition) is 3. The highest BCUT2D eigenvalue weighted by molar-refractivity contribution is 6.47. The topological polar surface area (TPSA) is 59.8 Å². The number of nitrogens with zero attached hydrogens (tertiary/aromatic N) is 1. The number of carbonyl (C=O) groups is 2. The van der Waals surface area contributed by atoms with Crippen molar-refractivity contribution in [2.24, 2.45) is 0 Å². The van der Waals surface area contributed by atoms with Crippen molar-refractivity contribution in [1.29, 1.82) is 0 Å². The molecule has 0 atom stereocenters. The van der Waals surface area contributed by atoms with Gasteiger partial charge in [0.1, 0.15) is 11.4 Å². The molecule has 0 aliphatic carbocycles. The van der Waals surface area contributed by atoms with E-state index in [1.807, 2.05) is 68.4 Å². The van der Waals surface area contributed by atoms with Gasteiger partial charge in [-0.2, -0.15) is 0 Å². The fourth-order valence-corrected chi connectivity index (χ4v) is 3.45. The van der Waals surface area contributed by atoms with E-state index in [4.69, 9.17) is 4.74 Å². The second-order valence-corrected chi connectivity index (χ2v) is 6.98. The third-order valence-corrected chi connectivity index (χ3v) is 4.90. The van der Waals surface area contributed by atoms with Gasteiger partial charge in [0.15, 0.2) is 0 Å². The molecule has 5 heteroatoms. The predicted molar refractivity (Wildman–Crippen MR) is 118 cm³/mol. The van der Waals surface area contributed by atoms with E-state index in [1.54, 1.807) is 28.8 Å². The van der Waals surface area contributed by atoms with Gasteiger partial charge in [-0.1, -0.05) is 48.0 Å². The minimum atomic E-state index is -0.709. The molecule has 0 radical (unpaired) electrons. The molecule has 4 aromatic rings. The third-order valence-electron chi connectivity index (χ3n) is 4.90. The van der Waals surface area contributed by atoms with Gasteiger partial charge in [0.05, 0.1) is 12.3 Å². The van der Waals surface area contributed by atoms with Gasteiger partial charge in [-0.05, 0) is 49.7 Å². The monoisotopic (exact) mass is 398 g/mol. The van der Waals surface area contributed by atoms with Crippen LogP contribution in [0.1, 0.15) is 23.0 Å². The zero-order valence-electron chi connectivity index (χ0n) is 16.9. The van der Waals surface area contributed by atoms with E-state index >= 15 is 0 Å². The molecule has 0 unspecified atom stereocenters. The van der Waals surface area contributed by atoms with E-state index in [-0.39, 0.29) is 0 Å². The molecule has 0 fully saturated rings. The Balaban J connectivity index is 1.75. The molecule has 2 heterocycles. The van der Waals surface area contributed by atoms with Crippen molar-refractivity contribution in [3.63, 3.8) is 0 Å². The Hall–Kier alpha value is -3.86. The number of anilines is 1. The van der Waals surface area contributed by atoms with Crippen molar-refractivity contribution in [2.75, 3.05) is 11.9 Å². The highest BCUT2D eigenvalue weighted by Gasteiger charge is 2.25. The number of hydrogen-bond donors (Lipinski definition) is 1. The van der Waals surface area contributed by atoms with Crippen molar-refractivity contribution < 1.29 is 14.3 Å². The largest absolute Gasteiger partial charge is 0.492 e. The number of carbonyl (C=O) groups excluding carboxylic acids is 2. The number of rotatable bonds is 6. The molecular weight excluding hydrogens is 376 g/mol. The van der Waals surface area contributed by atoms with Crippen LogP contribution in [0.25, 0.3) is 16.6 Å². The molecular formula is C25H22N2O3. The molecule has 0 spiro atoms. The summed E-state index contributed by atoms with van der Waals surface area (Å²) in [6.07, 6.45) is 1.79. The van der Waals surface area contributed by atoms with E-state index < -0.39 is 11.7 Å². The number of pyridine rings is 1. The summed E-state index contributed by atoms with van der Waals surface area (Å²) in [4.78, 5) is 26.2. The minimum Gasteiger partial charge on any atom is -0.492 e. The number of ketones is 1. The Morgan fingerprint density at radius 2 is 1.70 bits per heavy atom. The standard InChI is InChI=1S/C25H22N2O3/c1-3-30-22-10-5-4-9-21(22)26-25(29)24(28)23-20(18-13-11-17(2)12-14-18)16-19-8-6-7-15-27(19)23/h4-16H,3H2,1-2H3,(H,26,29). The second kappa shape index (κ2) is 8.25. The third kappa shape index (κ3) is 3.70. The zero-order chi connectivity index (χ0) is 21.1. The van der Waals surface area contributed by atoms with Gasteiger partial charge in [-0.25, -0.2) is 0 Å². The first kappa shape index (κ1) is 19.5. The molecule has 0 saturated carbocycles. The van der Waals surface area contributed by atoms with Crippen LogP contribution in [0.5, 0.6) is 5.75 Å². The lowest BCUT2D eigenvalue weighted by Crippen LogP contribution is -2.25. The molecule has 2 aromatic carbocycles. The number of benzene rings is 2. The smallest absolute Gasteiger partial charge is 0.298 e. The predicted octanol–water partition coefficient (Wildman–Crippen LogP) is 5.13. The molecule has 5 nitrogen and oxygen atoms in total. The van der Waals surface area contributed by atoms with Gasteiger partial charge in [0.2, 0.25) is 0 Å². The van der Waals surface area contributed by atoms with Crippen molar-refractivity contribution in [3.8, 4) is 16.9 Å². The van der Waals surface area contributed by atoms with Crippen LogP contribution in [-0.4, -0.2) is 22.7 Å². The fraction of sp³-hybridized carbons (Fsp3) is 0.120. The highest BCUT2D eigenvalue weighted by Crippen LogP contribution is 2.29. The Kier molecular flexibility index (Phi) is 5.35. The summed E-state index contributed by atoms with van der Waals surface area (Å²) in [6.45, 7) is 4.33. The lowest BCUT2D eigenvalue weighted by atomic mass is 10.0. The van der Waals surface area contributed by atoms with Crippen LogP contribution in [0.4, 0.5) is 5.69 Å². The van der Waals surface area contributed by atoms with Crippen molar-refractivity contribution in [2.45, 2.75) is 13.8 Å². The van der Waals surface area contributed by atoms with Gasteiger partial charge in [0.25, 0.3) is 11.7 Å².